The van der Waals surface area contributed by atoms with Crippen LogP contribution in [0, 0.1) is 11.2 Å². The van der Waals surface area contributed by atoms with Crippen molar-refractivity contribution in [1.82, 2.24) is 0 Å². The Morgan fingerprint density at radius 1 is 1.35 bits per heavy atom. The number of hydrogen-bond acceptors (Lipinski definition) is 2. The Hall–Kier alpha value is -1.25. The smallest absolute Gasteiger partial charge is 0.148 e. The predicted molar refractivity (Wildman–Crippen MR) is 85.0 cm³/mol. The molecule has 1 aromatic carbocycles. The van der Waals surface area contributed by atoms with E-state index < -0.39 is 0 Å². The van der Waals surface area contributed by atoms with Gasteiger partial charge in [-0.05, 0) is 50.3 Å². The third-order valence-electron chi connectivity index (χ3n) is 4.70. The van der Waals surface area contributed by atoms with Gasteiger partial charge < -0.3 is 10.2 Å². The van der Waals surface area contributed by atoms with Crippen LogP contribution in [0.25, 0.3) is 0 Å². The van der Waals surface area contributed by atoms with E-state index in [4.69, 9.17) is 0 Å². The van der Waals surface area contributed by atoms with Crippen molar-refractivity contribution in [1.29, 1.82) is 0 Å². The van der Waals surface area contributed by atoms with Crippen molar-refractivity contribution in [3.05, 3.63) is 24.0 Å². The first-order valence-corrected chi connectivity index (χ1v) is 7.60. The zero-order chi connectivity index (χ0) is 14.9. The van der Waals surface area contributed by atoms with Crippen molar-refractivity contribution in [2.45, 2.75) is 59.0 Å². The normalized spacial score (nSPS) is 21.2. The molecule has 1 aliphatic rings. The van der Waals surface area contributed by atoms with Gasteiger partial charge in [-0.1, -0.05) is 20.3 Å². The molecule has 2 nitrogen and oxygen atoms in total. The molecule has 0 aliphatic heterocycles. The number of hydrogen-bond donors (Lipinski definition) is 1. The summed E-state index contributed by atoms with van der Waals surface area (Å²) in [5.74, 6) is -0.151. The maximum absolute atomic E-state index is 14.2. The third-order valence-corrected chi connectivity index (χ3v) is 4.70. The van der Waals surface area contributed by atoms with Gasteiger partial charge in [-0.3, -0.25) is 0 Å². The Morgan fingerprint density at radius 2 is 2.05 bits per heavy atom. The summed E-state index contributed by atoms with van der Waals surface area (Å²) in [6, 6.07) is 6.22. The zero-order valence-electron chi connectivity index (χ0n) is 13.3. The van der Waals surface area contributed by atoms with Crippen molar-refractivity contribution in [3.8, 4) is 0 Å². The second-order valence-electron chi connectivity index (χ2n) is 6.95. The molecule has 1 saturated carbocycles. The van der Waals surface area contributed by atoms with Gasteiger partial charge >= 0.3 is 0 Å². The summed E-state index contributed by atoms with van der Waals surface area (Å²) in [6.45, 7) is 8.70. The summed E-state index contributed by atoms with van der Waals surface area (Å²) in [5, 5.41) is 3.51. The molecule has 1 fully saturated rings. The van der Waals surface area contributed by atoms with Crippen LogP contribution in [0.15, 0.2) is 18.2 Å². The monoisotopic (exact) mass is 278 g/mol. The van der Waals surface area contributed by atoms with Gasteiger partial charge in [-0.25, -0.2) is 4.39 Å². The fourth-order valence-electron chi connectivity index (χ4n) is 2.96. The molecule has 3 heteroatoms. The van der Waals surface area contributed by atoms with Gasteiger partial charge in [0.15, 0.2) is 0 Å². The van der Waals surface area contributed by atoms with Crippen LogP contribution in [-0.2, 0) is 0 Å². The van der Waals surface area contributed by atoms with Crippen molar-refractivity contribution in [3.63, 3.8) is 0 Å². The number of nitrogens with zero attached hydrogens (tertiary/aromatic N) is 1. The Kier molecular flexibility index (Phi) is 4.26. The molecule has 0 heterocycles. The Bertz CT molecular complexity index is 468. The number of rotatable bonds is 4. The lowest BCUT2D eigenvalue weighted by atomic mass is 9.87. The van der Waals surface area contributed by atoms with Crippen molar-refractivity contribution in [2.75, 3.05) is 17.3 Å². The van der Waals surface area contributed by atoms with E-state index in [-0.39, 0.29) is 11.9 Å². The summed E-state index contributed by atoms with van der Waals surface area (Å²) < 4.78 is 14.2. The maximum atomic E-state index is 14.2. The molecule has 1 atom stereocenters. The second kappa shape index (κ2) is 5.63. The summed E-state index contributed by atoms with van der Waals surface area (Å²) in [5.41, 5.74) is 1.85. The highest BCUT2D eigenvalue weighted by Crippen LogP contribution is 2.39. The SMILES string of the molecule is CC(C)N(C)c1ccc(NC2CCCC2(C)C)cc1F. The number of halogens is 1. The van der Waals surface area contributed by atoms with Gasteiger partial charge in [0.05, 0.1) is 5.69 Å². The van der Waals surface area contributed by atoms with Gasteiger partial charge in [-0.15, -0.1) is 0 Å². The van der Waals surface area contributed by atoms with Crippen LogP contribution in [-0.4, -0.2) is 19.1 Å². The molecule has 20 heavy (non-hydrogen) atoms. The number of benzene rings is 1. The van der Waals surface area contributed by atoms with E-state index in [1.807, 2.05) is 24.1 Å². The molecule has 1 unspecified atom stereocenters. The highest BCUT2D eigenvalue weighted by Gasteiger charge is 2.34. The molecular weight excluding hydrogens is 251 g/mol. The average molecular weight is 278 g/mol. The van der Waals surface area contributed by atoms with Crippen LogP contribution in [0.1, 0.15) is 47.0 Å². The molecule has 0 bridgehead atoms. The summed E-state index contributed by atoms with van der Waals surface area (Å²) >= 11 is 0. The molecule has 2 rings (SSSR count). The fourth-order valence-corrected chi connectivity index (χ4v) is 2.96. The standard InChI is InChI=1S/C17H27FN2/c1-12(2)20(5)15-9-8-13(11-14(15)18)19-16-7-6-10-17(16,3)4/h8-9,11-12,16,19H,6-7,10H2,1-5H3. The molecule has 1 aromatic rings. The average Bonchev–Trinajstić information content (AvgIpc) is 2.68. The minimum absolute atomic E-state index is 0.151. The Morgan fingerprint density at radius 3 is 2.55 bits per heavy atom. The summed E-state index contributed by atoms with van der Waals surface area (Å²) in [7, 11) is 1.93. The molecule has 1 aliphatic carbocycles. The lowest BCUT2D eigenvalue weighted by Gasteiger charge is -2.29. The minimum atomic E-state index is -0.151. The largest absolute Gasteiger partial charge is 0.382 e. The topological polar surface area (TPSA) is 15.3 Å². The van der Waals surface area contributed by atoms with Gasteiger partial charge in [0.1, 0.15) is 5.82 Å². The molecule has 112 valence electrons. The third kappa shape index (κ3) is 3.08. The van der Waals surface area contributed by atoms with Crippen LogP contribution in [0.4, 0.5) is 15.8 Å². The minimum Gasteiger partial charge on any atom is -0.382 e. The first kappa shape index (κ1) is 15.1. The van der Waals surface area contributed by atoms with Gasteiger partial charge in [0, 0.05) is 24.8 Å². The van der Waals surface area contributed by atoms with Crippen LogP contribution in [0.5, 0.6) is 0 Å². The van der Waals surface area contributed by atoms with E-state index in [1.165, 1.54) is 19.3 Å². The van der Waals surface area contributed by atoms with Gasteiger partial charge in [0.25, 0.3) is 0 Å². The summed E-state index contributed by atoms with van der Waals surface area (Å²) in [4.78, 5) is 1.96. The molecular formula is C17H27FN2. The Balaban J connectivity index is 2.13. The van der Waals surface area contributed by atoms with Crippen molar-refractivity contribution < 1.29 is 4.39 Å². The van der Waals surface area contributed by atoms with E-state index in [0.717, 1.165) is 5.69 Å². The van der Waals surface area contributed by atoms with Crippen molar-refractivity contribution >= 4 is 11.4 Å². The highest BCUT2D eigenvalue weighted by molar-refractivity contribution is 5.56. The van der Waals surface area contributed by atoms with E-state index in [0.29, 0.717) is 17.1 Å². The molecule has 1 N–H and O–H groups in total. The predicted octanol–water partition coefficient (Wildman–Crippen LogP) is 4.66. The molecule has 0 amide bonds. The Labute approximate surface area is 122 Å². The zero-order valence-corrected chi connectivity index (χ0v) is 13.3. The molecule has 0 radical (unpaired) electrons. The molecule has 0 saturated heterocycles. The fraction of sp³-hybridized carbons (Fsp3) is 0.647. The molecule has 0 aromatic heterocycles. The van der Waals surface area contributed by atoms with E-state index >= 15 is 0 Å². The van der Waals surface area contributed by atoms with Crippen LogP contribution < -0.4 is 10.2 Å². The molecule has 0 spiro atoms. The van der Waals surface area contributed by atoms with E-state index in [9.17, 15) is 4.39 Å². The van der Waals surface area contributed by atoms with Gasteiger partial charge in [0.2, 0.25) is 0 Å². The van der Waals surface area contributed by atoms with Gasteiger partial charge in [-0.2, -0.15) is 0 Å². The van der Waals surface area contributed by atoms with E-state index in [2.05, 4.69) is 33.0 Å². The first-order valence-electron chi connectivity index (χ1n) is 7.60. The number of anilines is 2. The lowest BCUT2D eigenvalue weighted by Crippen LogP contribution is -2.31. The van der Waals surface area contributed by atoms with Crippen molar-refractivity contribution in [2.24, 2.45) is 5.41 Å². The van der Waals surface area contributed by atoms with E-state index in [1.54, 1.807) is 6.07 Å². The quantitative estimate of drug-likeness (QED) is 0.861. The van der Waals surface area contributed by atoms with Crippen LogP contribution >= 0.6 is 0 Å². The van der Waals surface area contributed by atoms with Crippen LogP contribution in [0.2, 0.25) is 0 Å². The maximum Gasteiger partial charge on any atom is 0.148 e. The summed E-state index contributed by atoms with van der Waals surface area (Å²) in [6.07, 6.45) is 3.66. The lowest BCUT2D eigenvalue weighted by molar-refractivity contribution is 0.350. The highest BCUT2D eigenvalue weighted by atomic mass is 19.1. The number of nitrogens with one attached hydrogen (secondary N) is 1. The van der Waals surface area contributed by atoms with Crippen LogP contribution in [0.3, 0.4) is 0 Å². The second-order valence-corrected chi connectivity index (χ2v) is 6.95. The first-order chi connectivity index (χ1) is 9.31.